The molecule has 0 radical (unpaired) electrons. The van der Waals surface area contributed by atoms with Crippen LogP contribution in [0.15, 0.2) is 24.3 Å². The number of nitrogens with two attached hydrogens (primary N) is 2. The van der Waals surface area contributed by atoms with E-state index in [2.05, 4.69) is 21.3 Å². The zero-order valence-electron chi connectivity index (χ0n) is 28.0. The second kappa shape index (κ2) is 19.3. The fourth-order valence-corrected chi connectivity index (χ4v) is 5.31. The maximum atomic E-state index is 13.7. The molecule has 1 heterocycles. The van der Waals surface area contributed by atoms with Gasteiger partial charge in [0.15, 0.2) is 0 Å². The lowest BCUT2D eigenvalue weighted by Gasteiger charge is -2.30. The van der Waals surface area contributed by atoms with Crippen LogP contribution in [0.4, 0.5) is 0 Å². The fraction of sp³-hybridized carbons (Fsp3) is 0.594. The summed E-state index contributed by atoms with van der Waals surface area (Å²) in [6.45, 7) is 5.05. The van der Waals surface area contributed by atoms with Crippen LogP contribution in [0.2, 0.25) is 0 Å². The lowest BCUT2D eigenvalue weighted by Crippen LogP contribution is -2.59. The first kappa shape index (κ1) is 40.4. The van der Waals surface area contributed by atoms with E-state index < -0.39 is 90.1 Å². The molecule has 11 N–H and O–H groups in total. The van der Waals surface area contributed by atoms with Crippen LogP contribution in [0.5, 0.6) is 5.75 Å². The van der Waals surface area contributed by atoms with E-state index in [1.165, 1.54) is 31.2 Å². The summed E-state index contributed by atoms with van der Waals surface area (Å²) in [5.41, 5.74) is 12.1. The molecule has 1 aromatic rings. The number of hydrogen-bond acceptors (Lipinski definition) is 10. The molecular weight excluding hydrogens is 642 g/mol. The molecule has 1 aromatic carbocycles. The highest BCUT2D eigenvalue weighted by molar-refractivity contribution is 5.97. The molecule has 49 heavy (non-hydrogen) atoms. The average Bonchev–Trinajstić information content (AvgIpc) is 3.53. The highest BCUT2D eigenvalue weighted by Crippen LogP contribution is 2.20. The molecule has 1 saturated heterocycles. The predicted molar refractivity (Wildman–Crippen MR) is 176 cm³/mol. The maximum Gasteiger partial charge on any atom is 0.326 e. The monoisotopic (exact) mass is 691 g/mol. The summed E-state index contributed by atoms with van der Waals surface area (Å²) in [7, 11) is 0. The van der Waals surface area contributed by atoms with Gasteiger partial charge in [-0.3, -0.25) is 28.8 Å². The summed E-state index contributed by atoms with van der Waals surface area (Å²) in [5.74, 6) is -6.95. The minimum Gasteiger partial charge on any atom is -0.508 e. The molecule has 0 aromatic heterocycles. The Morgan fingerprint density at radius 3 is 2.08 bits per heavy atom. The molecule has 6 atom stereocenters. The number of aromatic hydroxyl groups is 1. The number of carbonyl (C=O) groups is 7. The number of amides is 5. The smallest absolute Gasteiger partial charge is 0.326 e. The normalized spacial score (nSPS) is 17.3. The van der Waals surface area contributed by atoms with Crippen LogP contribution in [0.3, 0.4) is 0 Å². The van der Waals surface area contributed by atoms with Crippen LogP contribution in [0, 0.1) is 5.92 Å². The van der Waals surface area contributed by atoms with E-state index in [9.17, 15) is 48.9 Å². The van der Waals surface area contributed by atoms with Gasteiger partial charge in [0.05, 0.1) is 12.5 Å². The second-order valence-electron chi connectivity index (χ2n) is 12.5. The molecule has 17 nitrogen and oxygen atoms in total. The van der Waals surface area contributed by atoms with Crippen LogP contribution in [-0.4, -0.2) is 111 Å². The van der Waals surface area contributed by atoms with E-state index in [-0.39, 0.29) is 25.1 Å². The number of likely N-dealkylation sites (tertiary alicyclic amines) is 1. The number of nitrogens with one attached hydrogen (secondary N) is 4. The molecular formula is C32H49N7O10. The lowest BCUT2D eigenvalue weighted by molar-refractivity contribution is -0.146. The largest absolute Gasteiger partial charge is 0.508 e. The van der Waals surface area contributed by atoms with E-state index in [4.69, 9.17) is 11.5 Å². The number of phenolic OH excluding ortho intramolecular Hbond substituents is 1. The number of phenols is 1. The Hall–Kier alpha value is -4.77. The van der Waals surface area contributed by atoms with Crippen LogP contribution in [0.1, 0.15) is 64.9 Å². The molecule has 272 valence electrons. The molecule has 1 aliphatic rings. The van der Waals surface area contributed by atoms with Gasteiger partial charge in [-0.2, -0.15) is 0 Å². The number of rotatable bonds is 19. The van der Waals surface area contributed by atoms with Gasteiger partial charge in [-0.25, -0.2) is 4.79 Å². The summed E-state index contributed by atoms with van der Waals surface area (Å²) < 4.78 is 0. The van der Waals surface area contributed by atoms with Crippen molar-refractivity contribution < 1.29 is 48.9 Å². The highest BCUT2D eigenvalue weighted by Gasteiger charge is 2.40. The van der Waals surface area contributed by atoms with Gasteiger partial charge >= 0.3 is 11.9 Å². The van der Waals surface area contributed by atoms with Crippen molar-refractivity contribution in [2.45, 2.75) is 102 Å². The molecule has 5 amide bonds. The van der Waals surface area contributed by atoms with Gasteiger partial charge in [0.25, 0.3) is 0 Å². The number of nitrogens with zero attached hydrogens (tertiary/aromatic N) is 1. The van der Waals surface area contributed by atoms with E-state index in [1.807, 2.05) is 0 Å². The van der Waals surface area contributed by atoms with Crippen molar-refractivity contribution in [1.82, 2.24) is 26.2 Å². The van der Waals surface area contributed by atoms with Gasteiger partial charge in [-0.05, 0) is 62.8 Å². The fourth-order valence-electron chi connectivity index (χ4n) is 5.31. The molecule has 0 saturated carbocycles. The molecule has 1 fully saturated rings. The molecule has 0 spiro atoms. The van der Waals surface area contributed by atoms with Crippen molar-refractivity contribution in [3.63, 3.8) is 0 Å². The van der Waals surface area contributed by atoms with Crippen molar-refractivity contribution in [2.75, 3.05) is 13.1 Å². The first-order valence-corrected chi connectivity index (χ1v) is 16.3. The summed E-state index contributed by atoms with van der Waals surface area (Å²) in [6.07, 6.45) is 1.15. The minimum atomic E-state index is -1.63. The van der Waals surface area contributed by atoms with Crippen molar-refractivity contribution in [2.24, 2.45) is 17.4 Å². The Bertz CT molecular complexity index is 1340. The summed E-state index contributed by atoms with van der Waals surface area (Å²) in [6, 6.07) is -1.50. The van der Waals surface area contributed by atoms with Gasteiger partial charge in [0.1, 0.15) is 36.0 Å². The van der Waals surface area contributed by atoms with Gasteiger partial charge < -0.3 is 53.0 Å². The van der Waals surface area contributed by atoms with Crippen LogP contribution in [-0.2, 0) is 40.0 Å². The number of carbonyl (C=O) groups excluding carboxylic acids is 5. The van der Waals surface area contributed by atoms with E-state index >= 15 is 0 Å². The Morgan fingerprint density at radius 1 is 0.878 bits per heavy atom. The molecule has 0 unspecified atom stereocenters. The third-order valence-electron chi connectivity index (χ3n) is 8.13. The van der Waals surface area contributed by atoms with Crippen LogP contribution < -0.4 is 32.7 Å². The number of aliphatic carboxylic acids is 2. The third kappa shape index (κ3) is 12.6. The number of unbranched alkanes of at least 4 members (excludes halogenated alkanes) is 1. The number of carboxylic acids is 2. The van der Waals surface area contributed by atoms with Crippen molar-refractivity contribution in [3.05, 3.63) is 29.8 Å². The standard InChI is InChI=1S/C32H49N7O10/c1-17(2)26(32(48)49)38-27(43)18(3)35-30(46)24-8-6-14-39(24)31(47)23(16-25(41)42)37-29(45)22(15-19-9-11-20(40)12-10-19)36-28(44)21(34)7-4-5-13-33/h9-12,17-18,21-24,26,40H,4-8,13-16,33-34H2,1-3H3,(H,35,46)(H,36,44)(H,37,45)(H,38,43)(H,41,42)(H,48,49)/t18-,21-,22-,23-,24-,26-/m0/s1. The molecule has 1 aliphatic heterocycles. The number of carboxylic acid groups (broad SMARTS) is 2. The topological polar surface area (TPSA) is 284 Å². The zero-order valence-corrected chi connectivity index (χ0v) is 28.0. The van der Waals surface area contributed by atoms with E-state index in [0.717, 1.165) is 4.90 Å². The van der Waals surface area contributed by atoms with Crippen LogP contribution in [0.25, 0.3) is 0 Å². The highest BCUT2D eigenvalue weighted by atomic mass is 16.4. The molecule has 2 rings (SSSR count). The third-order valence-corrected chi connectivity index (χ3v) is 8.13. The Morgan fingerprint density at radius 2 is 1.51 bits per heavy atom. The quantitative estimate of drug-likeness (QED) is 0.0754. The summed E-state index contributed by atoms with van der Waals surface area (Å²) >= 11 is 0. The molecule has 0 bridgehead atoms. The van der Waals surface area contributed by atoms with Gasteiger partial charge in [0.2, 0.25) is 29.5 Å². The Balaban J connectivity index is 2.23. The minimum absolute atomic E-state index is 0.0259. The predicted octanol–water partition coefficient (Wildman–Crippen LogP) is -1.44. The van der Waals surface area contributed by atoms with Crippen molar-refractivity contribution in [1.29, 1.82) is 0 Å². The van der Waals surface area contributed by atoms with Crippen LogP contribution >= 0.6 is 0 Å². The summed E-state index contributed by atoms with van der Waals surface area (Å²) in [4.78, 5) is 90.5. The zero-order chi connectivity index (χ0) is 36.8. The first-order chi connectivity index (χ1) is 23.0. The van der Waals surface area contributed by atoms with Gasteiger partial charge in [-0.15, -0.1) is 0 Å². The van der Waals surface area contributed by atoms with E-state index in [1.54, 1.807) is 13.8 Å². The van der Waals surface area contributed by atoms with Gasteiger partial charge in [0, 0.05) is 13.0 Å². The first-order valence-electron chi connectivity index (χ1n) is 16.3. The maximum absolute atomic E-state index is 13.7. The molecule has 0 aliphatic carbocycles. The SMILES string of the molecule is CC(C)[C@H](NC(=O)[C@H](C)NC(=O)[C@@H]1CCCN1C(=O)[C@H](CC(=O)O)NC(=O)[C@H](Cc1ccc(O)cc1)NC(=O)[C@@H](N)CCCCN)C(=O)O. The van der Waals surface area contributed by atoms with Gasteiger partial charge in [-0.1, -0.05) is 32.4 Å². The second-order valence-corrected chi connectivity index (χ2v) is 12.5. The number of benzene rings is 1. The van der Waals surface area contributed by atoms with Crippen molar-refractivity contribution in [3.8, 4) is 5.75 Å². The van der Waals surface area contributed by atoms with E-state index in [0.29, 0.717) is 37.8 Å². The molecule has 17 heteroatoms. The Labute approximate surface area is 284 Å². The van der Waals surface area contributed by atoms with Crippen molar-refractivity contribution >= 4 is 41.5 Å². The lowest BCUT2D eigenvalue weighted by atomic mass is 10.0. The Kier molecular flexibility index (Phi) is 15.9. The number of hydrogen-bond donors (Lipinski definition) is 9. The average molecular weight is 692 g/mol. The summed E-state index contributed by atoms with van der Waals surface area (Å²) in [5, 5.41) is 38.5.